The van der Waals surface area contributed by atoms with Gasteiger partial charge in [0.2, 0.25) is 0 Å². The number of carbonyl (C=O) groups is 2. The van der Waals surface area contributed by atoms with Crippen LogP contribution in [0.5, 0.6) is 23.0 Å². The quantitative estimate of drug-likeness (QED) is 0.736. The van der Waals surface area contributed by atoms with E-state index in [1.165, 1.54) is 0 Å². The van der Waals surface area contributed by atoms with E-state index in [1.54, 1.807) is 24.3 Å². The monoisotopic (exact) mass is 434 g/mol. The van der Waals surface area contributed by atoms with Gasteiger partial charge in [0.1, 0.15) is 26.4 Å². The van der Waals surface area contributed by atoms with Crippen LogP contribution in [0.2, 0.25) is 0 Å². The Kier molecular flexibility index (Phi) is 5.31. The van der Waals surface area contributed by atoms with E-state index in [2.05, 4.69) is 0 Å². The number of carbonyl (C=O) groups excluding carboxylic acids is 1. The van der Waals surface area contributed by atoms with Crippen molar-refractivity contribution >= 4 is 23.9 Å². The molecular weight excluding hydrogens is 412 g/mol. The van der Waals surface area contributed by atoms with Crippen LogP contribution >= 0.6 is 0 Å². The zero-order valence-electron chi connectivity index (χ0n) is 17.3. The number of carboxylic acid groups (broad SMARTS) is 1. The summed E-state index contributed by atoms with van der Waals surface area (Å²) >= 11 is 0. The van der Waals surface area contributed by atoms with Gasteiger partial charge in [-0.15, -0.1) is 0 Å². The molecular formula is C25H22O7. The van der Waals surface area contributed by atoms with E-state index in [9.17, 15) is 14.7 Å². The van der Waals surface area contributed by atoms with E-state index in [0.717, 1.165) is 11.1 Å². The van der Waals surface area contributed by atoms with Crippen molar-refractivity contribution < 1.29 is 33.6 Å². The molecule has 0 unspecified atom stereocenters. The van der Waals surface area contributed by atoms with Gasteiger partial charge in [-0.3, -0.25) is 9.59 Å². The Morgan fingerprint density at radius 1 is 0.750 bits per heavy atom. The first-order valence-corrected chi connectivity index (χ1v) is 10.5. The molecule has 0 spiro atoms. The van der Waals surface area contributed by atoms with Crippen LogP contribution in [0.4, 0.5) is 0 Å². The standard InChI is InChI=1S/C25H22O7/c26-24-17(9-15-1-3-20-22(11-15)31-7-5-29-20)13-19(25(27)28)14-18(24)10-16-2-4-21-23(12-16)32-8-6-30-21/h1-4,9-12,19H,5-8,13-14H2,(H,27,28). The van der Waals surface area contributed by atoms with E-state index in [0.29, 0.717) is 60.6 Å². The second-order valence-electron chi connectivity index (χ2n) is 7.92. The normalized spacial score (nSPS) is 22.1. The van der Waals surface area contributed by atoms with Gasteiger partial charge in [-0.05, 0) is 60.4 Å². The summed E-state index contributed by atoms with van der Waals surface area (Å²) in [4.78, 5) is 25.0. The molecule has 2 aromatic carbocycles. The summed E-state index contributed by atoms with van der Waals surface area (Å²) in [6, 6.07) is 10.9. The lowest BCUT2D eigenvalue weighted by molar-refractivity contribution is -0.142. The smallest absolute Gasteiger partial charge is 0.307 e. The first-order valence-electron chi connectivity index (χ1n) is 10.5. The molecule has 7 heteroatoms. The Bertz CT molecular complexity index is 1060. The van der Waals surface area contributed by atoms with Crippen molar-refractivity contribution in [3.8, 4) is 23.0 Å². The second kappa shape index (κ2) is 8.42. The lowest BCUT2D eigenvalue weighted by Gasteiger charge is -2.23. The summed E-state index contributed by atoms with van der Waals surface area (Å²) in [6.07, 6.45) is 3.85. The van der Waals surface area contributed by atoms with Crippen molar-refractivity contribution in [2.45, 2.75) is 12.8 Å². The number of hydrogen-bond acceptors (Lipinski definition) is 6. The summed E-state index contributed by atoms with van der Waals surface area (Å²) in [6.45, 7) is 1.94. The molecule has 32 heavy (non-hydrogen) atoms. The molecule has 0 radical (unpaired) electrons. The minimum Gasteiger partial charge on any atom is -0.486 e. The molecule has 7 nitrogen and oxygen atoms in total. The fraction of sp³-hybridized carbons (Fsp3) is 0.280. The molecule has 1 fully saturated rings. The number of benzene rings is 2. The third-order valence-corrected chi connectivity index (χ3v) is 5.68. The van der Waals surface area contributed by atoms with Crippen LogP contribution in [0, 0.1) is 5.92 Å². The van der Waals surface area contributed by atoms with Crippen molar-refractivity contribution in [2.75, 3.05) is 26.4 Å². The van der Waals surface area contributed by atoms with Crippen LogP contribution < -0.4 is 18.9 Å². The number of Topliss-reactive ketones (excluding diaryl/α,β-unsaturated/α-hetero) is 1. The van der Waals surface area contributed by atoms with Gasteiger partial charge in [-0.2, -0.15) is 0 Å². The zero-order chi connectivity index (χ0) is 22.1. The summed E-state index contributed by atoms with van der Waals surface area (Å²) in [5, 5.41) is 9.67. The fourth-order valence-electron chi connectivity index (χ4n) is 4.12. The van der Waals surface area contributed by atoms with Crippen molar-refractivity contribution in [1.29, 1.82) is 0 Å². The highest BCUT2D eigenvalue weighted by molar-refractivity contribution is 6.14. The molecule has 164 valence electrons. The number of ketones is 1. The molecule has 2 aromatic rings. The molecule has 1 saturated carbocycles. The van der Waals surface area contributed by atoms with Gasteiger partial charge >= 0.3 is 5.97 Å². The average Bonchev–Trinajstić information content (AvgIpc) is 2.81. The van der Waals surface area contributed by atoms with E-state index < -0.39 is 11.9 Å². The molecule has 2 aliphatic heterocycles. The van der Waals surface area contributed by atoms with E-state index >= 15 is 0 Å². The topological polar surface area (TPSA) is 91.3 Å². The molecule has 0 aromatic heterocycles. The zero-order valence-corrected chi connectivity index (χ0v) is 17.3. The third-order valence-electron chi connectivity index (χ3n) is 5.68. The van der Waals surface area contributed by atoms with E-state index in [-0.39, 0.29) is 18.6 Å². The SMILES string of the molecule is O=C1C(=Cc2ccc3c(c2)OCCO3)CC(C(=O)O)CC1=Cc1ccc2c(c1)OCCO2. The first-order chi connectivity index (χ1) is 15.6. The molecule has 0 atom stereocenters. The average molecular weight is 434 g/mol. The molecule has 3 aliphatic rings. The number of fused-ring (bicyclic) bond motifs is 2. The molecule has 5 rings (SSSR count). The van der Waals surface area contributed by atoms with Crippen LogP contribution in [-0.4, -0.2) is 43.3 Å². The minimum absolute atomic E-state index is 0.146. The van der Waals surface area contributed by atoms with Gasteiger partial charge < -0.3 is 24.1 Å². The second-order valence-corrected chi connectivity index (χ2v) is 7.92. The van der Waals surface area contributed by atoms with Crippen LogP contribution in [0.25, 0.3) is 12.2 Å². The lowest BCUT2D eigenvalue weighted by Crippen LogP contribution is -2.25. The molecule has 0 saturated heterocycles. The predicted molar refractivity (Wildman–Crippen MR) is 116 cm³/mol. The highest BCUT2D eigenvalue weighted by atomic mass is 16.6. The van der Waals surface area contributed by atoms with Crippen LogP contribution in [0.15, 0.2) is 47.5 Å². The maximum atomic E-state index is 13.2. The van der Waals surface area contributed by atoms with Gasteiger partial charge in [0, 0.05) is 11.1 Å². The number of hydrogen-bond donors (Lipinski definition) is 1. The molecule has 1 aliphatic carbocycles. The number of ether oxygens (including phenoxy) is 4. The Balaban J connectivity index is 1.47. The number of allylic oxidation sites excluding steroid dienone is 2. The fourth-order valence-corrected chi connectivity index (χ4v) is 4.12. The third kappa shape index (κ3) is 4.06. The van der Waals surface area contributed by atoms with Crippen molar-refractivity contribution in [2.24, 2.45) is 5.92 Å². The number of rotatable bonds is 3. The van der Waals surface area contributed by atoms with Gasteiger partial charge in [-0.25, -0.2) is 0 Å². The number of carboxylic acids is 1. The van der Waals surface area contributed by atoms with Crippen molar-refractivity contribution in [1.82, 2.24) is 0 Å². The minimum atomic E-state index is -0.918. The van der Waals surface area contributed by atoms with Gasteiger partial charge in [-0.1, -0.05) is 12.1 Å². The van der Waals surface area contributed by atoms with Crippen LogP contribution in [-0.2, 0) is 9.59 Å². The van der Waals surface area contributed by atoms with Crippen molar-refractivity contribution in [3.63, 3.8) is 0 Å². The van der Waals surface area contributed by atoms with Gasteiger partial charge in [0.15, 0.2) is 28.8 Å². The number of aliphatic carboxylic acids is 1. The van der Waals surface area contributed by atoms with Gasteiger partial charge in [0.25, 0.3) is 0 Å². The Morgan fingerprint density at radius 2 is 1.19 bits per heavy atom. The maximum Gasteiger partial charge on any atom is 0.307 e. The largest absolute Gasteiger partial charge is 0.486 e. The molecule has 1 N–H and O–H groups in total. The summed E-state index contributed by atoms with van der Waals surface area (Å²) < 4.78 is 22.3. The molecule has 2 heterocycles. The van der Waals surface area contributed by atoms with Crippen molar-refractivity contribution in [3.05, 3.63) is 58.7 Å². The predicted octanol–water partition coefficient (Wildman–Crippen LogP) is 3.76. The van der Waals surface area contributed by atoms with Crippen LogP contribution in [0.1, 0.15) is 24.0 Å². The van der Waals surface area contributed by atoms with Crippen LogP contribution in [0.3, 0.4) is 0 Å². The lowest BCUT2D eigenvalue weighted by atomic mass is 9.80. The highest BCUT2D eigenvalue weighted by Crippen LogP contribution is 2.36. The summed E-state index contributed by atoms with van der Waals surface area (Å²) in [5.74, 6) is 0.837. The maximum absolute atomic E-state index is 13.2. The molecule has 0 bridgehead atoms. The Labute approximate surface area is 184 Å². The Hall–Kier alpha value is -3.74. The summed E-state index contributed by atoms with van der Waals surface area (Å²) in [5.41, 5.74) is 2.46. The van der Waals surface area contributed by atoms with Gasteiger partial charge in [0.05, 0.1) is 5.92 Å². The Morgan fingerprint density at radius 3 is 1.62 bits per heavy atom. The first kappa shape index (κ1) is 20.2. The van der Waals surface area contributed by atoms with E-state index in [1.807, 2.05) is 24.3 Å². The van der Waals surface area contributed by atoms with E-state index in [4.69, 9.17) is 18.9 Å². The molecule has 0 amide bonds. The summed E-state index contributed by atoms with van der Waals surface area (Å²) in [7, 11) is 0. The highest BCUT2D eigenvalue weighted by Gasteiger charge is 2.32.